The summed E-state index contributed by atoms with van der Waals surface area (Å²) in [6, 6.07) is 7.64. The first-order valence-corrected chi connectivity index (χ1v) is 11.5. The molecule has 2 atom stereocenters. The van der Waals surface area contributed by atoms with Crippen LogP contribution in [0.1, 0.15) is 48.2 Å². The lowest BCUT2D eigenvalue weighted by molar-refractivity contribution is 0.399. The van der Waals surface area contributed by atoms with Gasteiger partial charge in [-0.3, -0.25) is 0 Å². The molecule has 4 heterocycles. The molecule has 2 aliphatic rings. The van der Waals surface area contributed by atoms with Gasteiger partial charge in [-0.15, -0.1) is 0 Å². The fourth-order valence-electron chi connectivity index (χ4n) is 5.66. The molecule has 5 rings (SSSR count). The average Bonchev–Trinajstić information content (AvgIpc) is 3.13. The number of aryl methyl sites for hydroxylation is 4. The SMILES string of the molecule is Cc1nc(N2C3CCC2CC(C#N)C3)c2c(C)cn(-c3c(C)cc(Br)cc3C)c2n1. The molecule has 0 saturated carbocycles. The van der Waals surface area contributed by atoms with Gasteiger partial charge in [-0.05, 0) is 82.2 Å². The molecule has 2 fully saturated rings. The van der Waals surface area contributed by atoms with E-state index in [9.17, 15) is 5.26 Å². The lowest BCUT2D eigenvalue weighted by atomic mass is 9.91. The Hall–Kier alpha value is -2.39. The van der Waals surface area contributed by atoms with Crippen LogP contribution in [0.25, 0.3) is 16.7 Å². The van der Waals surface area contributed by atoms with E-state index in [0.29, 0.717) is 12.1 Å². The van der Waals surface area contributed by atoms with Crippen molar-refractivity contribution in [3.05, 3.63) is 45.3 Å². The van der Waals surface area contributed by atoms with E-state index in [4.69, 9.17) is 9.97 Å². The second-order valence-corrected chi connectivity index (χ2v) is 9.87. The fraction of sp³-hybridized carbons (Fsp3) is 0.458. The molecule has 30 heavy (non-hydrogen) atoms. The second kappa shape index (κ2) is 7.09. The minimum Gasteiger partial charge on any atom is -0.350 e. The number of fused-ring (bicyclic) bond motifs is 3. The Balaban J connectivity index is 1.72. The standard InChI is InChI=1S/C24H26BrN5/c1-13-7-18(25)8-14(2)22(13)29-12-15(3)21-23(29)27-16(4)28-24(21)30-19-5-6-20(30)10-17(9-19)11-26/h7-8,12,17,19-20H,5-6,9-10H2,1-4H3. The van der Waals surface area contributed by atoms with Crippen LogP contribution < -0.4 is 4.90 Å². The van der Waals surface area contributed by atoms with Crippen LogP contribution in [-0.2, 0) is 0 Å². The van der Waals surface area contributed by atoms with E-state index in [1.165, 1.54) is 22.4 Å². The zero-order chi connectivity index (χ0) is 21.2. The molecule has 0 radical (unpaired) electrons. The van der Waals surface area contributed by atoms with Crippen LogP contribution in [0.2, 0.25) is 0 Å². The van der Waals surface area contributed by atoms with E-state index < -0.39 is 0 Å². The summed E-state index contributed by atoms with van der Waals surface area (Å²) in [5, 5.41) is 10.6. The minimum absolute atomic E-state index is 0.177. The summed E-state index contributed by atoms with van der Waals surface area (Å²) in [6.45, 7) is 8.45. The van der Waals surface area contributed by atoms with Gasteiger partial charge in [-0.25, -0.2) is 9.97 Å². The molecule has 2 aromatic heterocycles. The smallest absolute Gasteiger partial charge is 0.150 e. The van der Waals surface area contributed by atoms with E-state index in [-0.39, 0.29) is 5.92 Å². The molecule has 154 valence electrons. The normalized spacial score (nSPS) is 23.2. The van der Waals surface area contributed by atoms with E-state index in [1.54, 1.807) is 0 Å². The van der Waals surface area contributed by atoms with Gasteiger partial charge < -0.3 is 9.47 Å². The predicted octanol–water partition coefficient (Wildman–Crippen LogP) is 5.69. The quantitative estimate of drug-likeness (QED) is 0.489. The third kappa shape index (κ3) is 2.94. The van der Waals surface area contributed by atoms with Gasteiger partial charge in [0.15, 0.2) is 5.65 Å². The summed E-state index contributed by atoms with van der Waals surface area (Å²) >= 11 is 3.62. The number of piperidine rings is 1. The maximum absolute atomic E-state index is 9.47. The number of benzene rings is 1. The molecule has 0 spiro atoms. The van der Waals surface area contributed by atoms with Gasteiger partial charge in [0.2, 0.25) is 0 Å². The van der Waals surface area contributed by atoms with Crippen molar-refractivity contribution in [2.45, 2.75) is 65.5 Å². The van der Waals surface area contributed by atoms with Crippen LogP contribution in [0, 0.1) is 44.9 Å². The molecule has 0 amide bonds. The maximum atomic E-state index is 9.47. The molecule has 0 aliphatic carbocycles. The Kier molecular flexibility index (Phi) is 4.62. The molecule has 2 bridgehead atoms. The third-order valence-corrected chi connectivity index (χ3v) is 7.24. The van der Waals surface area contributed by atoms with Crippen molar-refractivity contribution in [3.8, 4) is 11.8 Å². The van der Waals surface area contributed by atoms with Crippen molar-refractivity contribution < 1.29 is 0 Å². The first-order valence-electron chi connectivity index (χ1n) is 10.7. The predicted molar refractivity (Wildman–Crippen MR) is 123 cm³/mol. The second-order valence-electron chi connectivity index (χ2n) is 8.95. The van der Waals surface area contributed by atoms with Gasteiger partial charge in [0, 0.05) is 22.8 Å². The molecular formula is C24H26BrN5. The Morgan fingerprint density at radius 2 is 1.63 bits per heavy atom. The lowest BCUT2D eigenvalue weighted by Crippen LogP contribution is -2.43. The number of hydrogen-bond donors (Lipinski definition) is 0. The Morgan fingerprint density at radius 3 is 2.23 bits per heavy atom. The molecule has 5 nitrogen and oxygen atoms in total. The molecule has 6 heteroatoms. The summed E-state index contributed by atoms with van der Waals surface area (Å²) in [6.07, 6.45) is 6.40. The highest BCUT2D eigenvalue weighted by molar-refractivity contribution is 9.10. The number of nitrogens with zero attached hydrogens (tertiary/aromatic N) is 5. The zero-order valence-corrected chi connectivity index (χ0v) is 19.5. The van der Waals surface area contributed by atoms with Crippen LogP contribution in [0.4, 0.5) is 5.82 Å². The average molecular weight is 464 g/mol. The highest BCUT2D eigenvalue weighted by Gasteiger charge is 2.42. The van der Waals surface area contributed by atoms with Crippen LogP contribution in [-0.4, -0.2) is 26.6 Å². The van der Waals surface area contributed by atoms with Crippen molar-refractivity contribution in [2.24, 2.45) is 5.92 Å². The number of halogens is 1. The summed E-state index contributed by atoms with van der Waals surface area (Å²) < 4.78 is 3.34. The van der Waals surface area contributed by atoms with Crippen LogP contribution in [0.3, 0.4) is 0 Å². The highest BCUT2D eigenvalue weighted by Crippen LogP contribution is 2.44. The van der Waals surface area contributed by atoms with Crippen LogP contribution in [0.5, 0.6) is 0 Å². The van der Waals surface area contributed by atoms with E-state index >= 15 is 0 Å². The lowest BCUT2D eigenvalue weighted by Gasteiger charge is -2.38. The van der Waals surface area contributed by atoms with Crippen LogP contribution >= 0.6 is 15.9 Å². The number of hydrogen-bond acceptors (Lipinski definition) is 4. The topological polar surface area (TPSA) is 57.7 Å². The monoisotopic (exact) mass is 463 g/mol. The Morgan fingerprint density at radius 1 is 1.00 bits per heavy atom. The Labute approximate surface area is 185 Å². The summed E-state index contributed by atoms with van der Waals surface area (Å²) in [5.74, 6) is 2.03. The molecule has 0 N–H and O–H groups in total. The van der Waals surface area contributed by atoms with Crippen molar-refractivity contribution in [2.75, 3.05) is 4.90 Å². The van der Waals surface area contributed by atoms with Crippen molar-refractivity contribution in [1.82, 2.24) is 14.5 Å². The van der Waals surface area contributed by atoms with Crippen molar-refractivity contribution in [1.29, 1.82) is 5.26 Å². The summed E-state index contributed by atoms with van der Waals surface area (Å²) in [5.41, 5.74) is 5.79. The van der Waals surface area contributed by atoms with E-state index in [2.05, 4.69) is 70.6 Å². The van der Waals surface area contributed by atoms with E-state index in [0.717, 1.165) is 52.8 Å². The van der Waals surface area contributed by atoms with Crippen molar-refractivity contribution in [3.63, 3.8) is 0 Å². The maximum Gasteiger partial charge on any atom is 0.150 e. The number of aromatic nitrogens is 3. The van der Waals surface area contributed by atoms with Gasteiger partial charge in [-0.1, -0.05) is 15.9 Å². The first kappa shape index (κ1) is 19.6. The molecule has 2 saturated heterocycles. The summed E-state index contributed by atoms with van der Waals surface area (Å²) in [7, 11) is 0. The van der Waals surface area contributed by atoms with Crippen molar-refractivity contribution >= 4 is 32.8 Å². The van der Waals surface area contributed by atoms with Gasteiger partial charge >= 0.3 is 0 Å². The van der Waals surface area contributed by atoms with Gasteiger partial charge in [0.1, 0.15) is 11.6 Å². The van der Waals surface area contributed by atoms with Gasteiger partial charge in [-0.2, -0.15) is 5.26 Å². The fourth-order valence-corrected chi connectivity index (χ4v) is 6.35. The van der Waals surface area contributed by atoms with Gasteiger partial charge in [0.05, 0.1) is 23.1 Å². The zero-order valence-electron chi connectivity index (χ0n) is 17.9. The number of anilines is 1. The van der Waals surface area contributed by atoms with Gasteiger partial charge in [0.25, 0.3) is 0 Å². The summed E-state index contributed by atoms with van der Waals surface area (Å²) in [4.78, 5) is 12.4. The Bertz CT molecular complexity index is 1170. The third-order valence-electron chi connectivity index (χ3n) is 6.78. The highest BCUT2D eigenvalue weighted by atomic mass is 79.9. The number of rotatable bonds is 2. The van der Waals surface area contributed by atoms with Crippen LogP contribution in [0.15, 0.2) is 22.8 Å². The largest absolute Gasteiger partial charge is 0.350 e. The molecular weight excluding hydrogens is 438 g/mol. The number of nitriles is 1. The first-order chi connectivity index (χ1) is 14.4. The molecule has 2 aliphatic heterocycles. The molecule has 3 aromatic rings. The molecule has 2 unspecified atom stereocenters. The minimum atomic E-state index is 0.177. The molecule has 1 aromatic carbocycles. The van der Waals surface area contributed by atoms with E-state index in [1.807, 2.05) is 6.92 Å².